The number of hydrogen-bond acceptors (Lipinski definition) is 6. The number of nitrogens with one attached hydrogen (secondary N) is 2. The van der Waals surface area contributed by atoms with Crippen LogP contribution in [0.5, 0.6) is 5.75 Å². The first-order valence-electron chi connectivity index (χ1n) is 11.3. The molecule has 8 nitrogen and oxygen atoms in total. The Morgan fingerprint density at radius 3 is 2.55 bits per heavy atom. The highest BCUT2D eigenvalue weighted by Gasteiger charge is 2.40. The summed E-state index contributed by atoms with van der Waals surface area (Å²) in [5, 5.41) is 5.59. The van der Waals surface area contributed by atoms with Crippen molar-refractivity contribution in [3.8, 4) is 5.75 Å². The summed E-state index contributed by atoms with van der Waals surface area (Å²) in [5.74, 6) is 0.00263. The van der Waals surface area contributed by atoms with Gasteiger partial charge in [-0.25, -0.2) is 0 Å². The van der Waals surface area contributed by atoms with E-state index in [2.05, 4.69) is 17.6 Å². The first-order chi connectivity index (χ1) is 15.9. The second-order valence-electron chi connectivity index (χ2n) is 8.72. The summed E-state index contributed by atoms with van der Waals surface area (Å²) in [6, 6.07) is 13.3. The molecule has 0 aliphatic carbocycles. The van der Waals surface area contributed by atoms with E-state index in [0.29, 0.717) is 56.1 Å². The van der Waals surface area contributed by atoms with Gasteiger partial charge in [-0.15, -0.1) is 0 Å². The van der Waals surface area contributed by atoms with Crippen molar-refractivity contribution >= 4 is 11.8 Å². The Hall–Kier alpha value is -2.94. The molecule has 0 spiro atoms. The van der Waals surface area contributed by atoms with E-state index in [4.69, 9.17) is 19.9 Å². The van der Waals surface area contributed by atoms with Gasteiger partial charge in [-0.05, 0) is 31.0 Å². The van der Waals surface area contributed by atoms with Gasteiger partial charge in [-0.3, -0.25) is 9.59 Å². The highest BCUT2D eigenvalue weighted by molar-refractivity contribution is 6.02. The molecular weight excluding hydrogens is 422 g/mol. The van der Waals surface area contributed by atoms with Crippen LogP contribution in [0.2, 0.25) is 0 Å². The van der Waals surface area contributed by atoms with Crippen LogP contribution < -0.4 is 21.1 Å². The molecule has 4 N–H and O–H groups in total. The standard InChI is InChI=1S/C25H31N3O5/c1-25(17-7-4-3-5-8-17)15-33-22-19(24(30)27-2)11-16(12-20(22)25)23(29)28-10-6-9-21-31-13-18(26)14-32-21/h3-5,7-8,11-12,18,21H,6,9-10,13-15,26H2,1-2H3,(H,27,30)(H,28,29)/t18?,21?,25-/m0/s1. The third kappa shape index (κ3) is 4.88. The van der Waals surface area contributed by atoms with E-state index in [-0.39, 0.29) is 24.1 Å². The van der Waals surface area contributed by atoms with E-state index < -0.39 is 5.41 Å². The van der Waals surface area contributed by atoms with Crippen molar-refractivity contribution in [2.75, 3.05) is 33.4 Å². The molecule has 0 saturated carbocycles. The number of amides is 2. The van der Waals surface area contributed by atoms with Gasteiger partial charge in [-0.2, -0.15) is 0 Å². The quantitative estimate of drug-likeness (QED) is 0.553. The van der Waals surface area contributed by atoms with Gasteiger partial charge in [0.05, 0.1) is 30.2 Å². The summed E-state index contributed by atoms with van der Waals surface area (Å²) in [6.07, 6.45) is 1.08. The van der Waals surface area contributed by atoms with Crippen LogP contribution in [0.1, 0.15) is 51.6 Å². The molecule has 2 aromatic rings. The fourth-order valence-corrected chi connectivity index (χ4v) is 4.27. The molecule has 0 aromatic heterocycles. The number of ether oxygens (including phenoxy) is 3. The number of benzene rings is 2. The number of rotatable bonds is 7. The lowest BCUT2D eigenvalue weighted by atomic mass is 9.77. The minimum atomic E-state index is -0.466. The summed E-state index contributed by atoms with van der Waals surface area (Å²) >= 11 is 0. The molecule has 0 radical (unpaired) electrons. The number of hydrogen-bond donors (Lipinski definition) is 3. The van der Waals surface area contributed by atoms with Crippen LogP contribution >= 0.6 is 0 Å². The van der Waals surface area contributed by atoms with Crippen LogP contribution in [0.15, 0.2) is 42.5 Å². The topological polar surface area (TPSA) is 112 Å². The van der Waals surface area contributed by atoms with Gasteiger partial charge in [0.15, 0.2) is 6.29 Å². The maximum Gasteiger partial charge on any atom is 0.254 e. The summed E-state index contributed by atoms with van der Waals surface area (Å²) in [7, 11) is 1.56. The Kier molecular flexibility index (Phi) is 6.97. The number of carbonyl (C=O) groups excluding carboxylic acids is 2. The van der Waals surface area contributed by atoms with Gasteiger partial charge in [0.2, 0.25) is 0 Å². The van der Waals surface area contributed by atoms with E-state index in [0.717, 1.165) is 11.1 Å². The lowest BCUT2D eigenvalue weighted by Crippen LogP contribution is -2.41. The molecule has 2 amide bonds. The van der Waals surface area contributed by atoms with Gasteiger partial charge in [0, 0.05) is 31.1 Å². The second kappa shape index (κ2) is 9.91. The van der Waals surface area contributed by atoms with Crippen LogP contribution in [0.4, 0.5) is 0 Å². The minimum absolute atomic E-state index is 0.0826. The number of carbonyl (C=O) groups is 2. The van der Waals surface area contributed by atoms with E-state index >= 15 is 0 Å². The van der Waals surface area contributed by atoms with Crippen LogP contribution in [0.3, 0.4) is 0 Å². The summed E-state index contributed by atoms with van der Waals surface area (Å²) in [5.41, 5.74) is 7.97. The van der Waals surface area contributed by atoms with Gasteiger partial charge < -0.3 is 30.6 Å². The van der Waals surface area contributed by atoms with Crippen molar-refractivity contribution in [2.45, 2.75) is 37.5 Å². The monoisotopic (exact) mass is 453 g/mol. The Labute approximate surface area is 193 Å². The highest BCUT2D eigenvalue weighted by Crippen LogP contribution is 2.45. The van der Waals surface area contributed by atoms with Crippen molar-refractivity contribution < 1.29 is 23.8 Å². The Morgan fingerprint density at radius 2 is 1.85 bits per heavy atom. The summed E-state index contributed by atoms with van der Waals surface area (Å²) in [4.78, 5) is 25.6. The molecule has 176 valence electrons. The molecule has 2 aliphatic heterocycles. The largest absolute Gasteiger partial charge is 0.491 e. The summed E-state index contributed by atoms with van der Waals surface area (Å²) in [6.45, 7) is 3.90. The zero-order chi connectivity index (χ0) is 23.4. The van der Waals surface area contributed by atoms with Crippen LogP contribution in [-0.4, -0.2) is 57.6 Å². The summed E-state index contributed by atoms with van der Waals surface area (Å²) < 4.78 is 17.1. The third-order valence-corrected chi connectivity index (χ3v) is 6.23. The Balaban J connectivity index is 1.51. The number of fused-ring (bicyclic) bond motifs is 1. The molecule has 2 aliphatic rings. The lowest BCUT2D eigenvalue weighted by Gasteiger charge is -2.27. The van der Waals surface area contributed by atoms with Crippen molar-refractivity contribution in [1.29, 1.82) is 0 Å². The fraction of sp³-hybridized carbons (Fsp3) is 0.440. The van der Waals surface area contributed by atoms with Crippen LogP contribution in [0.25, 0.3) is 0 Å². The van der Waals surface area contributed by atoms with Gasteiger partial charge in [0.1, 0.15) is 12.4 Å². The fourth-order valence-electron chi connectivity index (χ4n) is 4.27. The van der Waals surface area contributed by atoms with Crippen molar-refractivity contribution in [3.63, 3.8) is 0 Å². The molecule has 33 heavy (non-hydrogen) atoms. The molecule has 4 rings (SSSR count). The predicted molar refractivity (Wildman–Crippen MR) is 123 cm³/mol. The number of nitrogens with two attached hydrogens (primary N) is 1. The van der Waals surface area contributed by atoms with E-state index in [1.807, 2.05) is 36.4 Å². The molecule has 1 fully saturated rings. The van der Waals surface area contributed by atoms with E-state index in [9.17, 15) is 9.59 Å². The second-order valence-corrected chi connectivity index (χ2v) is 8.72. The molecule has 1 saturated heterocycles. The maximum absolute atomic E-state index is 13.0. The molecule has 1 atom stereocenters. The predicted octanol–water partition coefficient (Wildman–Crippen LogP) is 1.95. The maximum atomic E-state index is 13.0. The molecule has 2 heterocycles. The van der Waals surface area contributed by atoms with E-state index in [1.165, 1.54) is 0 Å². The Bertz CT molecular complexity index is 1000. The van der Waals surface area contributed by atoms with Crippen LogP contribution in [0, 0.1) is 0 Å². The SMILES string of the molecule is CNC(=O)c1cc(C(=O)NCCCC2OCC(N)CO2)cc2c1OC[C@@]2(C)c1ccccc1. The Morgan fingerprint density at radius 1 is 1.12 bits per heavy atom. The normalized spacial score (nSPS) is 24.0. The molecule has 8 heteroatoms. The average molecular weight is 454 g/mol. The first kappa shape index (κ1) is 23.2. The van der Waals surface area contributed by atoms with Crippen molar-refractivity contribution in [1.82, 2.24) is 10.6 Å². The van der Waals surface area contributed by atoms with Gasteiger partial charge >= 0.3 is 0 Å². The zero-order valence-corrected chi connectivity index (χ0v) is 19.1. The molecule has 0 bridgehead atoms. The van der Waals surface area contributed by atoms with Crippen LogP contribution in [-0.2, 0) is 14.9 Å². The average Bonchev–Trinajstić information content (AvgIpc) is 3.20. The molecule has 2 aromatic carbocycles. The smallest absolute Gasteiger partial charge is 0.254 e. The lowest BCUT2D eigenvalue weighted by molar-refractivity contribution is -0.188. The van der Waals surface area contributed by atoms with E-state index in [1.54, 1.807) is 13.1 Å². The minimum Gasteiger partial charge on any atom is -0.491 e. The molecular formula is C25H31N3O5. The third-order valence-electron chi connectivity index (χ3n) is 6.23. The van der Waals surface area contributed by atoms with Gasteiger partial charge in [-0.1, -0.05) is 30.3 Å². The highest BCUT2D eigenvalue weighted by atomic mass is 16.7. The van der Waals surface area contributed by atoms with Crippen molar-refractivity contribution in [2.24, 2.45) is 5.73 Å². The first-order valence-corrected chi connectivity index (χ1v) is 11.3. The molecule has 0 unspecified atom stereocenters. The van der Waals surface area contributed by atoms with Crippen molar-refractivity contribution in [3.05, 3.63) is 64.7 Å². The van der Waals surface area contributed by atoms with Gasteiger partial charge in [0.25, 0.3) is 11.8 Å². The zero-order valence-electron chi connectivity index (χ0n) is 19.1.